The van der Waals surface area contributed by atoms with Gasteiger partial charge in [-0.15, -0.1) is 11.6 Å². The van der Waals surface area contributed by atoms with E-state index in [-0.39, 0.29) is 31.4 Å². The summed E-state index contributed by atoms with van der Waals surface area (Å²) in [6.07, 6.45) is -0.607. The lowest BCUT2D eigenvalue weighted by Crippen LogP contribution is -2.34. The fourth-order valence-corrected chi connectivity index (χ4v) is 4.46. The third-order valence-corrected chi connectivity index (χ3v) is 6.83. The summed E-state index contributed by atoms with van der Waals surface area (Å²) < 4.78 is 40.8. The second-order valence-electron chi connectivity index (χ2n) is 8.70. The maximum Gasteiger partial charge on any atom is 0.303 e. The van der Waals surface area contributed by atoms with Gasteiger partial charge in [0.2, 0.25) is 10.0 Å². The van der Waals surface area contributed by atoms with Gasteiger partial charge in [0.1, 0.15) is 31.2 Å². The fourth-order valence-electron chi connectivity index (χ4n) is 3.21. The largest absolute Gasteiger partial charge is 0.491 e. The van der Waals surface area contributed by atoms with E-state index in [2.05, 4.69) is 4.72 Å². The summed E-state index contributed by atoms with van der Waals surface area (Å²) in [7, 11) is -3.39. The normalized spacial score (nSPS) is 13.7. The molecule has 2 rings (SSSR count). The van der Waals surface area contributed by atoms with Gasteiger partial charge in [0.25, 0.3) is 0 Å². The molecule has 0 spiro atoms. The van der Waals surface area contributed by atoms with Crippen LogP contribution >= 0.6 is 34.8 Å². The van der Waals surface area contributed by atoms with Crippen LogP contribution in [0.1, 0.15) is 31.9 Å². The maximum absolute atomic E-state index is 11.2. The van der Waals surface area contributed by atoms with Crippen LogP contribution in [0.15, 0.2) is 36.4 Å². The molecule has 0 aromatic heterocycles. The Labute approximate surface area is 226 Å². The Morgan fingerprint density at radius 1 is 1.06 bits per heavy atom. The molecule has 0 fully saturated rings. The number of esters is 1. The van der Waals surface area contributed by atoms with Crippen molar-refractivity contribution in [2.75, 3.05) is 31.9 Å². The average Bonchev–Trinajstić information content (AvgIpc) is 2.79. The van der Waals surface area contributed by atoms with Gasteiger partial charge in [-0.25, -0.2) is 13.1 Å². The van der Waals surface area contributed by atoms with Crippen LogP contribution in [0.3, 0.4) is 0 Å². The van der Waals surface area contributed by atoms with Gasteiger partial charge in [-0.2, -0.15) is 0 Å². The van der Waals surface area contributed by atoms with E-state index in [1.807, 2.05) is 26.0 Å². The van der Waals surface area contributed by atoms with Crippen LogP contribution in [0.5, 0.6) is 11.5 Å². The van der Waals surface area contributed by atoms with Gasteiger partial charge in [-0.1, -0.05) is 49.2 Å². The highest BCUT2D eigenvalue weighted by Gasteiger charge is 2.26. The first kappa shape index (κ1) is 30.5. The Kier molecular flexibility index (Phi) is 11.1. The molecule has 36 heavy (non-hydrogen) atoms. The van der Waals surface area contributed by atoms with E-state index in [4.69, 9.17) is 49.0 Å². The van der Waals surface area contributed by atoms with Crippen LogP contribution in [0.25, 0.3) is 0 Å². The highest BCUT2D eigenvalue weighted by molar-refractivity contribution is 7.88. The zero-order chi connectivity index (χ0) is 27.1. The van der Waals surface area contributed by atoms with Crippen LogP contribution in [0, 0.1) is 0 Å². The molecule has 2 atom stereocenters. The highest BCUT2D eigenvalue weighted by atomic mass is 35.5. The van der Waals surface area contributed by atoms with Crippen molar-refractivity contribution < 1.29 is 32.5 Å². The summed E-state index contributed by atoms with van der Waals surface area (Å²) in [4.78, 5) is 11.2. The standard InChI is InChI=1S/C24H30Cl3NO7S/c1-15(29)35-20(11-25)14-34-23-21(26)9-17(10-22(23)27)24(2,3)16-5-7-19(8-6-16)33-13-18(30)12-28-36(4,31)32/h5-10,18,20,28,30H,11-14H2,1-4H3/t18-,20-/m1/s1. The van der Waals surface area contributed by atoms with E-state index in [1.165, 1.54) is 6.92 Å². The molecular weight excluding hydrogens is 553 g/mol. The molecule has 0 saturated carbocycles. The molecule has 0 radical (unpaired) electrons. The maximum atomic E-state index is 11.2. The molecule has 12 heteroatoms. The number of aliphatic hydroxyl groups is 1. The SMILES string of the molecule is CC(=O)O[C@H](CCl)COc1c(Cl)cc(C(C)(C)c2ccc(OC[C@H](O)CNS(C)(=O)=O)cc2)cc1Cl. The van der Waals surface area contributed by atoms with Crippen molar-refractivity contribution >= 4 is 50.8 Å². The molecule has 8 nitrogen and oxygen atoms in total. The number of benzene rings is 2. The van der Waals surface area contributed by atoms with Crippen LogP contribution < -0.4 is 14.2 Å². The molecule has 2 aromatic carbocycles. The molecule has 2 N–H and O–H groups in total. The fraction of sp³-hybridized carbons (Fsp3) is 0.458. The predicted octanol–water partition coefficient (Wildman–Crippen LogP) is 4.16. The molecule has 0 heterocycles. The summed E-state index contributed by atoms with van der Waals surface area (Å²) in [5, 5.41) is 10.5. The van der Waals surface area contributed by atoms with Crippen LogP contribution in [0.2, 0.25) is 10.0 Å². The molecule has 0 amide bonds. The van der Waals surface area contributed by atoms with Crippen molar-refractivity contribution in [1.82, 2.24) is 4.72 Å². The lowest BCUT2D eigenvalue weighted by Gasteiger charge is -2.27. The van der Waals surface area contributed by atoms with E-state index in [9.17, 15) is 18.3 Å². The first-order valence-corrected chi connectivity index (χ1v) is 14.1. The second-order valence-corrected chi connectivity index (χ2v) is 11.7. The first-order chi connectivity index (χ1) is 16.7. The van der Waals surface area contributed by atoms with E-state index >= 15 is 0 Å². The number of carbonyl (C=O) groups is 1. The molecule has 0 unspecified atom stereocenters. The minimum Gasteiger partial charge on any atom is -0.491 e. The number of alkyl halides is 1. The number of sulfonamides is 1. The Hall–Kier alpha value is -1.75. The molecule has 200 valence electrons. The van der Waals surface area contributed by atoms with E-state index in [0.717, 1.165) is 17.4 Å². The van der Waals surface area contributed by atoms with Gasteiger partial charge >= 0.3 is 5.97 Å². The van der Waals surface area contributed by atoms with Crippen molar-refractivity contribution in [2.45, 2.75) is 38.4 Å². The van der Waals surface area contributed by atoms with Crippen molar-refractivity contribution in [3.8, 4) is 11.5 Å². The summed E-state index contributed by atoms with van der Waals surface area (Å²) >= 11 is 18.8. The number of aliphatic hydroxyl groups excluding tert-OH is 1. The summed E-state index contributed by atoms with van der Waals surface area (Å²) in [5.41, 5.74) is 1.31. The smallest absolute Gasteiger partial charge is 0.303 e. The minimum absolute atomic E-state index is 0.00569. The van der Waals surface area contributed by atoms with Crippen molar-refractivity contribution in [3.05, 3.63) is 57.6 Å². The molecule has 0 aliphatic carbocycles. The zero-order valence-corrected chi connectivity index (χ0v) is 23.5. The molecule has 0 aliphatic heterocycles. The Balaban J connectivity index is 2.09. The number of carbonyl (C=O) groups excluding carboxylic acids is 1. The number of nitrogens with one attached hydrogen (secondary N) is 1. The van der Waals surface area contributed by atoms with Crippen molar-refractivity contribution in [1.29, 1.82) is 0 Å². The lowest BCUT2D eigenvalue weighted by molar-refractivity contribution is -0.146. The number of rotatable bonds is 13. The number of hydrogen-bond acceptors (Lipinski definition) is 7. The van der Waals surface area contributed by atoms with Crippen LogP contribution in [-0.2, 0) is 25.0 Å². The van der Waals surface area contributed by atoms with Gasteiger partial charge in [-0.05, 0) is 35.4 Å². The van der Waals surface area contributed by atoms with Gasteiger partial charge in [0, 0.05) is 18.9 Å². The highest BCUT2D eigenvalue weighted by Crippen LogP contribution is 2.40. The molecule has 2 aromatic rings. The Morgan fingerprint density at radius 3 is 2.14 bits per heavy atom. The van der Waals surface area contributed by atoms with Gasteiger partial charge < -0.3 is 19.3 Å². The van der Waals surface area contributed by atoms with E-state index < -0.39 is 33.6 Å². The van der Waals surface area contributed by atoms with Gasteiger partial charge in [0.05, 0.1) is 22.2 Å². The number of hydrogen-bond donors (Lipinski definition) is 2. The monoisotopic (exact) mass is 581 g/mol. The van der Waals surface area contributed by atoms with Crippen molar-refractivity contribution in [2.24, 2.45) is 0 Å². The predicted molar refractivity (Wildman–Crippen MR) is 141 cm³/mol. The topological polar surface area (TPSA) is 111 Å². The minimum atomic E-state index is -3.39. The van der Waals surface area contributed by atoms with Crippen molar-refractivity contribution in [3.63, 3.8) is 0 Å². The second kappa shape index (κ2) is 13.2. The quantitative estimate of drug-likeness (QED) is 0.270. The molecule has 0 bridgehead atoms. The number of ether oxygens (including phenoxy) is 3. The molecular formula is C24H30Cl3NO7S. The van der Waals surface area contributed by atoms with Crippen LogP contribution in [0.4, 0.5) is 0 Å². The van der Waals surface area contributed by atoms with E-state index in [0.29, 0.717) is 15.8 Å². The average molecular weight is 583 g/mol. The van der Waals surface area contributed by atoms with E-state index in [1.54, 1.807) is 24.3 Å². The lowest BCUT2D eigenvalue weighted by atomic mass is 9.78. The van der Waals surface area contributed by atoms with Gasteiger partial charge in [0.15, 0.2) is 5.75 Å². The van der Waals surface area contributed by atoms with Crippen LogP contribution in [-0.4, -0.2) is 63.6 Å². The Bertz CT molecular complexity index is 1120. The molecule has 0 saturated heterocycles. The molecule has 0 aliphatic rings. The number of halogens is 3. The zero-order valence-electron chi connectivity index (χ0n) is 20.4. The van der Waals surface area contributed by atoms with Gasteiger partial charge in [-0.3, -0.25) is 4.79 Å². The summed E-state index contributed by atoms with van der Waals surface area (Å²) in [6, 6.07) is 10.8. The third kappa shape index (κ3) is 9.28. The first-order valence-electron chi connectivity index (χ1n) is 10.9. The Morgan fingerprint density at radius 2 is 1.64 bits per heavy atom. The summed E-state index contributed by atoms with van der Waals surface area (Å²) in [6.45, 7) is 5.11. The summed E-state index contributed by atoms with van der Waals surface area (Å²) in [5.74, 6) is 0.396. The third-order valence-electron chi connectivity index (χ3n) is 5.24.